The standard InChI is InChI=1S/C16H17ClN2O2/c17-14-10-12(18)9-13(16(19)20)15(14)21-8-4-7-11-5-2-1-3-6-11/h1-3,5-6,9-10H,4,7-8,18H2,(H2,19,20). The first-order valence-electron chi connectivity index (χ1n) is 6.63. The number of primary amides is 1. The van der Waals surface area contributed by atoms with E-state index in [1.807, 2.05) is 18.2 Å². The van der Waals surface area contributed by atoms with Gasteiger partial charge in [0.25, 0.3) is 5.91 Å². The van der Waals surface area contributed by atoms with Crippen LogP contribution in [0, 0.1) is 0 Å². The maximum absolute atomic E-state index is 11.4. The van der Waals surface area contributed by atoms with E-state index in [4.69, 9.17) is 27.8 Å². The SMILES string of the molecule is NC(=O)c1cc(N)cc(Cl)c1OCCCc1ccccc1. The second kappa shape index (κ2) is 6.99. The van der Waals surface area contributed by atoms with E-state index in [0.717, 1.165) is 12.8 Å². The minimum absolute atomic E-state index is 0.208. The van der Waals surface area contributed by atoms with E-state index in [2.05, 4.69) is 12.1 Å². The third kappa shape index (κ3) is 4.13. The highest BCUT2D eigenvalue weighted by molar-refractivity contribution is 6.33. The maximum atomic E-state index is 11.4. The number of hydrogen-bond acceptors (Lipinski definition) is 3. The molecule has 0 spiro atoms. The van der Waals surface area contributed by atoms with E-state index < -0.39 is 5.91 Å². The van der Waals surface area contributed by atoms with E-state index in [1.165, 1.54) is 11.6 Å². The van der Waals surface area contributed by atoms with Crippen LogP contribution in [-0.4, -0.2) is 12.5 Å². The molecule has 2 aromatic carbocycles. The van der Waals surface area contributed by atoms with E-state index in [1.54, 1.807) is 6.07 Å². The van der Waals surface area contributed by atoms with Crippen molar-refractivity contribution < 1.29 is 9.53 Å². The average Bonchev–Trinajstić information content (AvgIpc) is 2.45. The number of anilines is 1. The summed E-state index contributed by atoms with van der Waals surface area (Å²) < 4.78 is 5.62. The van der Waals surface area contributed by atoms with Crippen LogP contribution in [-0.2, 0) is 6.42 Å². The molecule has 5 heteroatoms. The summed E-state index contributed by atoms with van der Waals surface area (Å²) in [6.07, 6.45) is 1.70. The van der Waals surface area contributed by atoms with Crippen molar-refractivity contribution in [1.29, 1.82) is 0 Å². The van der Waals surface area contributed by atoms with Crippen molar-refractivity contribution in [2.75, 3.05) is 12.3 Å². The lowest BCUT2D eigenvalue weighted by molar-refractivity contribution is 0.0996. The van der Waals surface area contributed by atoms with Gasteiger partial charge in [0.1, 0.15) is 0 Å². The van der Waals surface area contributed by atoms with Crippen LogP contribution in [0.5, 0.6) is 5.75 Å². The molecule has 110 valence electrons. The van der Waals surface area contributed by atoms with Crippen LogP contribution in [0.25, 0.3) is 0 Å². The summed E-state index contributed by atoms with van der Waals surface area (Å²) in [5.41, 5.74) is 12.8. The summed E-state index contributed by atoms with van der Waals surface area (Å²) in [5, 5.41) is 0.295. The summed E-state index contributed by atoms with van der Waals surface area (Å²) in [4.78, 5) is 11.4. The Morgan fingerprint density at radius 3 is 2.57 bits per heavy atom. The summed E-state index contributed by atoms with van der Waals surface area (Å²) in [6.45, 7) is 0.443. The number of hydrogen-bond donors (Lipinski definition) is 2. The molecule has 0 saturated heterocycles. The summed E-state index contributed by atoms with van der Waals surface area (Å²) in [6, 6.07) is 13.1. The minimum atomic E-state index is -0.609. The summed E-state index contributed by atoms with van der Waals surface area (Å²) >= 11 is 6.06. The molecule has 1 amide bonds. The van der Waals surface area contributed by atoms with Crippen molar-refractivity contribution in [3.63, 3.8) is 0 Å². The number of amides is 1. The van der Waals surface area contributed by atoms with Crippen LogP contribution in [0.4, 0.5) is 5.69 Å². The number of nitrogen functional groups attached to an aromatic ring is 1. The molecule has 4 nitrogen and oxygen atoms in total. The fourth-order valence-corrected chi connectivity index (χ4v) is 2.32. The predicted octanol–water partition coefficient (Wildman–Crippen LogP) is 3.03. The zero-order chi connectivity index (χ0) is 15.2. The number of halogens is 1. The van der Waals surface area contributed by atoms with Gasteiger partial charge in [-0.3, -0.25) is 4.79 Å². The first-order valence-corrected chi connectivity index (χ1v) is 7.01. The van der Waals surface area contributed by atoms with Gasteiger partial charge in [0.2, 0.25) is 0 Å². The number of nitrogens with two attached hydrogens (primary N) is 2. The Kier molecular flexibility index (Phi) is 5.06. The Morgan fingerprint density at radius 1 is 1.19 bits per heavy atom. The number of carbonyl (C=O) groups excluding carboxylic acids is 1. The molecule has 0 aliphatic carbocycles. The Morgan fingerprint density at radius 2 is 1.90 bits per heavy atom. The van der Waals surface area contributed by atoms with Crippen LogP contribution >= 0.6 is 11.6 Å². The van der Waals surface area contributed by atoms with Crippen molar-refractivity contribution in [3.05, 3.63) is 58.6 Å². The molecule has 2 aromatic rings. The third-order valence-electron chi connectivity index (χ3n) is 3.03. The predicted molar refractivity (Wildman–Crippen MR) is 84.6 cm³/mol. The number of ether oxygens (including phenoxy) is 1. The average molecular weight is 305 g/mol. The fraction of sp³-hybridized carbons (Fsp3) is 0.188. The van der Waals surface area contributed by atoms with E-state index >= 15 is 0 Å². The van der Waals surface area contributed by atoms with E-state index in [0.29, 0.717) is 23.1 Å². The molecule has 2 rings (SSSR count). The fourth-order valence-electron chi connectivity index (χ4n) is 2.04. The number of benzene rings is 2. The van der Waals surface area contributed by atoms with Gasteiger partial charge in [-0.25, -0.2) is 0 Å². The quantitative estimate of drug-likeness (QED) is 0.636. The van der Waals surface area contributed by atoms with Gasteiger partial charge in [0, 0.05) is 5.69 Å². The Labute approximate surface area is 128 Å². The Balaban J connectivity index is 1.98. The highest BCUT2D eigenvalue weighted by Gasteiger charge is 2.14. The molecular formula is C16H17ClN2O2. The molecule has 0 heterocycles. The topological polar surface area (TPSA) is 78.3 Å². The molecule has 0 saturated carbocycles. The molecular weight excluding hydrogens is 288 g/mol. The third-order valence-corrected chi connectivity index (χ3v) is 3.31. The molecule has 0 aliphatic rings. The lowest BCUT2D eigenvalue weighted by Crippen LogP contribution is -2.14. The smallest absolute Gasteiger partial charge is 0.252 e. The number of carbonyl (C=O) groups is 1. The highest BCUT2D eigenvalue weighted by atomic mass is 35.5. The molecule has 0 fully saturated rings. The Hall–Kier alpha value is -2.20. The summed E-state index contributed by atoms with van der Waals surface area (Å²) in [7, 11) is 0. The second-order valence-electron chi connectivity index (χ2n) is 4.68. The van der Waals surface area contributed by atoms with Crippen LogP contribution < -0.4 is 16.2 Å². The normalized spacial score (nSPS) is 10.3. The first kappa shape index (κ1) is 15.2. The molecule has 4 N–H and O–H groups in total. The van der Waals surface area contributed by atoms with Gasteiger partial charge in [-0.05, 0) is 30.5 Å². The van der Waals surface area contributed by atoms with Crippen LogP contribution in [0.2, 0.25) is 5.02 Å². The number of rotatable bonds is 6. The van der Waals surface area contributed by atoms with Crippen molar-refractivity contribution >= 4 is 23.2 Å². The van der Waals surface area contributed by atoms with Gasteiger partial charge in [-0.2, -0.15) is 0 Å². The van der Waals surface area contributed by atoms with Gasteiger partial charge in [0.15, 0.2) is 5.75 Å². The lowest BCUT2D eigenvalue weighted by Gasteiger charge is -2.12. The molecule has 0 aromatic heterocycles. The van der Waals surface area contributed by atoms with Crippen molar-refractivity contribution in [2.45, 2.75) is 12.8 Å². The minimum Gasteiger partial charge on any atom is -0.491 e. The highest BCUT2D eigenvalue weighted by Crippen LogP contribution is 2.31. The van der Waals surface area contributed by atoms with Crippen molar-refractivity contribution in [1.82, 2.24) is 0 Å². The van der Waals surface area contributed by atoms with Gasteiger partial charge >= 0.3 is 0 Å². The van der Waals surface area contributed by atoms with Crippen molar-refractivity contribution in [2.24, 2.45) is 5.73 Å². The van der Waals surface area contributed by atoms with Crippen molar-refractivity contribution in [3.8, 4) is 5.75 Å². The zero-order valence-corrected chi connectivity index (χ0v) is 12.3. The molecule has 21 heavy (non-hydrogen) atoms. The first-order chi connectivity index (χ1) is 10.1. The molecule has 0 bridgehead atoms. The lowest BCUT2D eigenvalue weighted by atomic mass is 10.1. The maximum Gasteiger partial charge on any atom is 0.252 e. The summed E-state index contributed by atoms with van der Waals surface area (Å²) in [5.74, 6) is -0.311. The zero-order valence-electron chi connectivity index (χ0n) is 11.5. The van der Waals surface area contributed by atoms with Gasteiger partial charge in [-0.15, -0.1) is 0 Å². The second-order valence-corrected chi connectivity index (χ2v) is 5.09. The van der Waals surface area contributed by atoms with Crippen LogP contribution in [0.3, 0.4) is 0 Å². The van der Waals surface area contributed by atoms with Gasteiger partial charge < -0.3 is 16.2 Å². The Bertz CT molecular complexity index is 630. The monoisotopic (exact) mass is 304 g/mol. The molecule has 0 unspecified atom stereocenters. The van der Waals surface area contributed by atoms with E-state index in [9.17, 15) is 4.79 Å². The number of aryl methyl sites for hydroxylation is 1. The van der Waals surface area contributed by atoms with Gasteiger partial charge in [-0.1, -0.05) is 41.9 Å². The van der Waals surface area contributed by atoms with E-state index in [-0.39, 0.29) is 5.56 Å². The molecule has 0 radical (unpaired) electrons. The van der Waals surface area contributed by atoms with Crippen LogP contribution in [0.15, 0.2) is 42.5 Å². The van der Waals surface area contributed by atoms with Gasteiger partial charge in [0.05, 0.1) is 17.2 Å². The molecule has 0 aliphatic heterocycles. The molecule has 0 atom stereocenters. The largest absolute Gasteiger partial charge is 0.491 e. The van der Waals surface area contributed by atoms with Crippen LogP contribution in [0.1, 0.15) is 22.3 Å².